The topological polar surface area (TPSA) is 146 Å². The molecule has 0 atom stereocenters. The van der Waals surface area contributed by atoms with Crippen LogP contribution < -0.4 is 0 Å². The fraction of sp³-hybridized carbons (Fsp3) is 0. The Morgan fingerprint density at radius 2 is 0.373 bits per heavy atom. The van der Waals surface area contributed by atoms with Crippen molar-refractivity contribution in [1.82, 2.24) is 72.3 Å². The molecule has 0 saturated heterocycles. The zero-order chi connectivity index (χ0) is 99.3. The van der Waals surface area contributed by atoms with Crippen LogP contribution >= 0.6 is 0 Å². The van der Waals surface area contributed by atoms with E-state index in [0.29, 0.717) is 52.4 Å². The Hall–Kier alpha value is -20.6. The lowest BCUT2D eigenvalue weighted by atomic mass is 10.0. The van der Waals surface area contributed by atoms with Crippen LogP contribution in [-0.4, -0.2) is 72.3 Å². The van der Waals surface area contributed by atoms with E-state index in [4.69, 9.17) is 44.9 Å². The van der Waals surface area contributed by atoms with Gasteiger partial charge in [0.15, 0.2) is 52.4 Å². The molecule has 0 radical (unpaired) electrons. The number of para-hydroxylation sites is 6. The molecule has 0 aliphatic heterocycles. The molecule has 0 aliphatic carbocycles. The molecule has 0 amide bonds. The highest BCUT2D eigenvalue weighted by molar-refractivity contribution is 6.21. The maximum atomic E-state index is 5.00. The molecule has 9 heterocycles. The summed E-state index contributed by atoms with van der Waals surface area (Å²) in [5.74, 6) is 5.82. The second kappa shape index (κ2) is 38.3. The van der Waals surface area contributed by atoms with Crippen LogP contribution in [0.5, 0.6) is 0 Å². The number of nitrogens with zero attached hydrogens (tertiary/aromatic N) is 15. The predicted octanol–water partition coefficient (Wildman–Crippen LogP) is 33.1. The second-order valence-corrected chi connectivity index (χ2v) is 37.2. The average molecular weight is 1920 g/mol. The maximum Gasteiger partial charge on any atom is 0.164 e. The van der Waals surface area contributed by atoms with E-state index in [1.807, 2.05) is 182 Å². The summed E-state index contributed by atoms with van der Waals surface area (Å²) in [6.45, 7) is 0. The summed E-state index contributed by atoms with van der Waals surface area (Å²) >= 11 is 0. The highest BCUT2D eigenvalue weighted by Crippen LogP contribution is 2.45. The molecule has 704 valence electrons. The van der Waals surface area contributed by atoms with Gasteiger partial charge in [0, 0.05) is 151 Å². The van der Waals surface area contributed by atoms with Crippen LogP contribution in [0.1, 0.15) is 0 Å². The smallest absolute Gasteiger partial charge is 0.164 e. The molecule has 29 rings (SSSR count). The molecule has 0 N–H and O–H groups in total. The van der Waals surface area contributed by atoms with Gasteiger partial charge in [0.2, 0.25) is 0 Å². The van der Waals surface area contributed by atoms with E-state index in [2.05, 4.69) is 386 Å². The van der Waals surface area contributed by atoms with Crippen molar-refractivity contribution in [3.63, 3.8) is 0 Å². The van der Waals surface area contributed by atoms with Gasteiger partial charge in [-0.1, -0.05) is 394 Å². The summed E-state index contributed by atoms with van der Waals surface area (Å²) in [6.07, 6.45) is 6.52. The van der Waals surface area contributed by atoms with Crippen molar-refractivity contribution in [2.75, 3.05) is 0 Å². The minimum Gasteiger partial charge on any atom is -0.316 e. The number of hydrogen-bond acceptors (Lipinski definition) is 9. The van der Waals surface area contributed by atoms with Crippen LogP contribution in [0.15, 0.2) is 540 Å². The van der Waals surface area contributed by atoms with Gasteiger partial charge in [0.05, 0.1) is 49.7 Å². The van der Waals surface area contributed by atoms with Crippen molar-refractivity contribution in [1.29, 1.82) is 0 Å². The van der Waals surface area contributed by atoms with Crippen LogP contribution in [-0.2, 0) is 0 Å². The maximum absolute atomic E-state index is 5.00. The van der Waals surface area contributed by atoms with Crippen LogP contribution in [0.25, 0.3) is 257 Å². The van der Waals surface area contributed by atoms with E-state index in [0.717, 1.165) is 117 Å². The quantitative estimate of drug-likeness (QED) is 0.0869. The first-order valence-corrected chi connectivity index (χ1v) is 50.3. The van der Waals surface area contributed by atoms with Gasteiger partial charge in [0.25, 0.3) is 0 Å². The largest absolute Gasteiger partial charge is 0.316 e. The Balaban J connectivity index is 0.000000111. The number of rotatable bonds is 17. The van der Waals surface area contributed by atoms with E-state index < -0.39 is 0 Å². The van der Waals surface area contributed by atoms with Gasteiger partial charge < -0.3 is 27.4 Å². The van der Waals surface area contributed by atoms with Crippen LogP contribution in [0.4, 0.5) is 0 Å². The van der Waals surface area contributed by atoms with Gasteiger partial charge in [-0.15, -0.1) is 0 Å². The SMILES string of the molecule is c1ccc(-c2nc(-c3ccccc3)nc(-c3ccc(-c4ccc(-n5c6ccccc6c6ccc7ccn(-c8ccccc8)c7c65)cc4)cc3)n2)cc1.c1ccc(-c2nc(-c3ccccc3)nc(-c3cccc(-c4cccc(-n5c6ccccc6c6ccc7c(ccn7-c7ccccc7)c65)c4)c3)n2)cc1.c1ccc(-c2nc(-c3ccccc3)nc(-c3cccc(-n4c5ccccc5c5ccc6c(ccn6-c6ccccc6)c54)c3)n2)cc1. The monoisotopic (exact) mass is 1920 g/mol. The minimum absolute atomic E-state index is 0.635. The third-order valence-electron chi connectivity index (χ3n) is 28.2. The molecule has 15 heteroatoms. The van der Waals surface area contributed by atoms with Crippen molar-refractivity contribution in [3.8, 4) is 159 Å². The first kappa shape index (κ1) is 88.4. The van der Waals surface area contributed by atoms with Crippen molar-refractivity contribution >= 4 is 98.1 Å². The third kappa shape index (κ3) is 16.4. The zero-order valence-electron chi connectivity index (χ0n) is 81.1. The highest BCUT2D eigenvalue weighted by atomic mass is 15.1. The Kier molecular flexibility index (Phi) is 22.6. The fourth-order valence-electron chi connectivity index (χ4n) is 21.1. The fourth-order valence-corrected chi connectivity index (χ4v) is 21.1. The Labute approximate surface area is 863 Å². The average Bonchev–Trinajstić information content (AvgIpc) is 1.58. The molecule has 15 nitrogen and oxygen atoms in total. The standard InChI is InChI=1S/2C47H31N5.C41H27N5/c1-4-14-32(15-5-1)45-48-46(33-16-6-2-7-17-33)50-47(49-45)36-20-12-18-34(30-36)35-19-13-23-38(31-35)52-43-25-11-10-24-39(43)40-26-27-42-41(44(40)52)28-29-51(42)37-21-8-3-9-22-37;1-4-12-35(13-5-1)45-48-46(36-14-6-2-7-15-36)50-47(49-45)37-22-20-32(21-23-37)33-24-27-39(28-25-33)52-42-19-11-10-18-40(42)41-29-26-34-30-31-51(43(34)44(41)52)38-16-8-3-9-17-38;1-4-13-28(14-5-1)39-42-40(29-15-6-2-7-16-29)44-41(43-39)30-17-12-20-32(27-30)46-37-22-11-10-21-33(37)34-23-24-36-35(38(34)46)25-26-45(36)31-18-8-3-9-19-31/h2*1-31H;1-27H. The molecule has 0 saturated carbocycles. The first-order chi connectivity index (χ1) is 74.4. The van der Waals surface area contributed by atoms with Crippen LogP contribution in [0.3, 0.4) is 0 Å². The highest BCUT2D eigenvalue weighted by Gasteiger charge is 2.26. The summed E-state index contributed by atoms with van der Waals surface area (Å²) in [5, 5.41) is 11.0. The Morgan fingerprint density at radius 1 is 0.120 bits per heavy atom. The van der Waals surface area contributed by atoms with Crippen LogP contribution in [0.2, 0.25) is 0 Å². The molecule has 0 aliphatic rings. The second-order valence-electron chi connectivity index (χ2n) is 37.2. The van der Waals surface area contributed by atoms with Gasteiger partial charge in [-0.05, 0) is 150 Å². The van der Waals surface area contributed by atoms with E-state index in [1.54, 1.807) is 0 Å². The molecular weight excluding hydrogens is 1830 g/mol. The van der Waals surface area contributed by atoms with E-state index in [9.17, 15) is 0 Å². The minimum atomic E-state index is 0.635. The summed E-state index contributed by atoms with van der Waals surface area (Å²) < 4.78 is 14.0. The van der Waals surface area contributed by atoms with Crippen molar-refractivity contribution in [2.24, 2.45) is 0 Å². The molecule has 0 spiro atoms. The summed E-state index contributed by atoms with van der Waals surface area (Å²) in [5.41, 5.74) is 30.3. The first-order valence-electron chi connectivity index (χ1n) is 50.3. The predicted molar refractivity (Wildman–Crippen MR) is 613 cm³/mol. The lowest BCUT2D eigenvalue weighted by Gasteiger charge is -2.13. The van der Waals surface area contributed by atoms with Crippen molar-refractivity contribution in [2.45, 2.75) is 0 Å². The zero-order valence-corrected chi connectivity index (χ0v) is 81.1. The molecular formula is C135H89N15. The van der Waals surface area contributed by atoms with Gasteiger partial charge in [-0.2, -0.15) is 0 Å². The van der Waals surface area contributed by atoms with E-state index in [1.165, 1.54) is 87.1 Å². The molecule has 0 unspecified atom stereocenters. The summed E-state index contributed by atoms with van der Waals surface area (Å²) in [4.78, 5) is 44.4. The molecule has 29 aromatic rings. The Morgan fingerprint density at radius 3 is 0.753 bits per heavy atom. The Bertz CT molecular complexity index is 9920. The lowest BCUT2D eigenvalue weighted by Crippen LogP contribution is -2.01. The lowest BCUT2D eigenvalue weighted by molar-refractivity contribution is 1.07. The van der Waals surface area contributed by atoms with Crippen molar-refractivity contribution < 1.29 is 0 Å². The number of hydrogen-bond donors (Lipinski definition) is 0. The summed E-state index contributed by atoms with van der Waals surface area (Å²) in [6, 6.07) is 182. The third-order valence-corrected chi connectivity index (χ3v) is 28.2. The molecule has 20 aromatic carbocycles. The molecule has 0 fully saturated rings. The summed E-state index contributed by atoms with van der Waals surface area (Å²) in [7, 11) is 0. The normalized spacial score (nSPS) is 11.5. The van der Waals surface area contributed by atoms with E-state index >= 15 is 0 Å². The van der Waals surface area contributed by atoms with Crippen LogP contribution in [0, 0.1) is 0 Å². The van der Waals surface area contributed by atoms with Gasteiger partial charge in [0.1, 0.15) is 0 Å². The van der Waals surface area contributed by atoms with Gasteiger partial charge >= 0.3 is 0 Å². The van der Waals surface area contributed by atoms with Gasteiger partial charge in [-0.25, -0.2) is 44.9 Å². The van der Waals surface area contributed by atoms with E-state index in [-0.39, 0.29) is 0 Å². The number of aromatic nitrogens is 15. The molecule has 9 aromatic heterocycles. The molecule has 0 bridgehead atoms. The molecule has 150 heavy (non-hydrogen) atoms. The van der Waals surface area contributed by atoms with Crippen molar-refractivity contribution in [3.05, 3.63) is 540 Å². The number of benzene rings is 20. The number of fused-ring (bicyclic) bond motifs is 15. The van der Waals surface area contributed by atoms with Gasteiger partial charge in [-0.3, -0.25) is 0 Å².